The summed E-state index contributed by atoms with van der Waals surface area (Å²) in [5.41, 5.74) is 8.16. The Morgan fingerprint density at radius 3 is 2.06 bits per heavy atom. The van der Waals surface area contributed by atoms with Crippen molar-refractivity contribution in [2.45, 2.75) is 40.2 Å². The van der Waals surface area contributed by atoms with Crippen molar-refractivity contribution in [3.8, 4) is 0 Å². The molecule has 0 heterocycles. The van der Waals surface area contributed by atoms with Gasteiger partial charge in [-0.2, -0.15) is 4.31 Å². The molecule has 0 amide bonds. The van der Waals surface area contributed by atoms with Gasteiger partial charge in [0.2, 0.25) is 0 Å². The molecule has 7 heteroatoms. The minimum absolute atomic E-state index is 0.195. The molecule has 0 aromatic heterocycles. The van der Waals surface area contributed by atoms with E-state index in [0.717, 1.165) is 6.42 Å². The Morgan fingerprint density at radius 2 is 1.76 bits per heavy atom. The van der Waals surface area contributed by atoms with Gasteiger partial charge in [0.1, 0.15) is 0 Å². The van der Waals surface area contributed by atoms with Gasteiger partial charge in [-0.1, -0.05) is 13.8 Å². The van der Waals surface area contributed by atoms with E-state index in [1.165, 1.54) is 4.31 Å². The SMILES string of the molecule is C=C.CC(C)CCN(C(C)C)S(=O)(=O)N=[N+]=[N-]. The minimum atomic E-state index is -3.83. The van der Waals surface area contributed by atoms with Crippen LogP contribution in [0.2, 0.25) is 0 Å². The summed E-state index contributed by atoms with van der Waals surface area (Å²) in [5.74, 6) is 0.410. The van der Waals surface area contributed by atoms with Crippen LogP contribution in [0.4, 0.5) is 0 Å². The van der Waals surface area contributed by atoms with Crippen molar-refractivity contribution in [2.75, 3.05) is 6.54 Å². The summed E-state index contributed by atoms with van der Waals surface area (Å²) >= 11 is 0. The largest absolute Gasteiger partial charge is 0.302 e. The van der Waals surface area contributed by atoms with Crippen molar-refractivity contribution in [2.24, 2.45) is 10.4 Å². The first-order valence-electron chi connectivity index (χ1n) is 5.39. The number of hydrogen-bond donors (Lipinski definition) is 0. The van der Waals surface area contributed by atoms with Crippen molar-refractivity contribution in [1.82, 2.24) is 4.31 Å². The summed E-state index contributed by atoms with van der Waals surface area (Å²) < 4.78 is 27.0. The first kappa shape index (κ1) is 18.3. The van der Waals surface area contributed by atoms with E-state index >= 15 is 0 Å². The highest BCUT2D eigenvalue weighted by Crippen LogP contribution is 2.12. The summed E-state index contributed by atoms with van der Waals surface area (Å²) in [4.78, 5) is 2.33. The highest BCUT2D eigenvalue weighted by atomic mass is 32.2. The quantitative estimate of drug-likeness (QED) is 0.319. The van der Waals surface area contributed by atoms with Crippen LogP contribution in [0.5, 0.6) is 0 Å². The second-order valence-corrected chi connectivity index (χ2v) is 5.56. The van der Waals surface area contributed by atoms with Crippen LogP contribution in [0.25, 0.3) is 10.4 Å². The maximum absolute atomic E-state index is 11.5. The van der Waals surface area contributed by atoms with Crippen molar-refractivity contribution < 1.29 is 8.42 Å². The van der Waals surface area contributed by atoms with Crippen molar-refractivity contribution in [3.05, 3.63) is 23.6 Å². The molecule has 0 N–H and O–H groups in total. The van der Waals surface area contributed by atoms with Crippen LogP contribution >= 0.6 is 0 Å². The standard InChI is InChI=1S/C8H18N4O2S.C2H4/c1-7(2)5-6-12(8(3)4)15(13,14)11-10-9;1-2/h7-8H,5-6H2,1-4H3;1-2H2. The molecule has 0 saturated carbocycles. The average Bonchev–Trinajstić information content (AvgIpc) is 2.19. The van der Waals surface area contributed by atoms with Crippen molar-refractivity contribution in [1.29, 1.82) is 0 Å². The molecular weight excluding hydrogens is 240 g/mol. The number of hydrogen-bond acceptors (Lipinski definition) is 2. The van der Waals surface area contributed by atoms with E-state index in [1.54, 1.807) is 13.8 Å². The topological polar surface area (TPSA) is 86.1 Å². The third-order valence-corrected chi connectivity index (χ3v) is 3.42. The van der Waals surface area contributed by atoms with E-state index in [9.17, 15) is 8.42 Å². The van der Waals surface area contributed by atoms with E-state index in [-0.39, 0.29) is 6.04 Å². The van der Waals surface area contributed by atoms with E-state index in [2.05, 4.69) is 22.6 Å². The molecule has 0 radical (unpaired) electrons. The Morgan fingerprint density at radius 1 is 1.29 bits per heavy atom. The molecule has 0 aliphatic rings. The Kier molecular flexibility index (Phi) is 9.74. The minimum Gasteiger partial charge on any atom is -0.204 e. The van der Waals surface area contributed by atoms with E-state index in [1.807, 2.05) is 13.8 Å². The normalized spacial score (nSPS) is 11.0. The van der Waals surface area contributed by atoms with Gasteiger partial charge in [0.05, 0.1) is 0 Å². The lowest BCUT2D eigenvalue weighted by Gasteiger charge is -2.23. The van der Waals surface area contributed by atoms with Gasteiger partial charge in [-0.15, -0.1) is 13.2 Å². The Hall–Kier alpha value is -1.04. The van der Waals surface area contributed by atoms with Gasteiger partial charge in [0.15, 0.2) is 0 Å². The number of nitrogens with zero attached hydrogens (tertiary/aromatic N) is 4. The average molecular weight is 262 g/mol. The zero-order valence-electron chi connectivity index (χ0n) is 11.0. The van der Waals surface area contributed by atoms with Gasteiger partial charge >= 0.3 is 10.2 Å². The van der Waals surface area contributed by atoms with Crippen LogP contribution in [0.1, 0.15) is 34.1 Å². The fraction of sp³-hybridized carbons (Fsp3) is 0.800. The third kappa shape index (κ3) is 7.79. The molecule has 0 saturated heterocycles. The van der Waals surface area contributed by atoms with Gasteiger partial charge in [-0.05, 0) is 31.7 Å². The predicted octanol–water partition coefficient (Wildman–Crippen LogP) is 3.10. The Labute approximate surface area is 104 Å². The third-order valence-electron chi connectivity index (χ3n) is 1.94. The molecule has 17 heavy (non-hydrogen) atoms. The van der Waals surface area contributed by atoms with Crippen LogP contribution < -0.4 is 0 Å². The van der Waals surface area contributed by atoms with E-state index in [4.69, 9.17) is 5.53 Å². The van der Waals surface area contributed by atoms with E-state index in [0.29, 0.717) is 12.5 Å². The first-order chi connectivity index (χ1) is 7.81. The van der Waals surface area contributed by atoms with E-state index < -0.39 is 10.2 Å². The van der Waals surface area contributed by atoms with Crippen LogP contribution in [-0.4, -0.2) is 25.3 Å². The van der Waals surface area contributed by atoms with Crippen molar-refractivity contribution in [3.63, 3.8) is 0 Å². The molecule has 0 aromatic carbocycles. The molecule has 0 spiro atoms. The Balaban J connectivity index is 0. The summed E-state index contributed by atoms with van der Waals surface area (Å²) in [6.07, 6.45) is 0.748. The fourth-order valence-corrected chi connectivity index (χ4v) is 2.17. The van der Waals surface area contributed by atoms with Crippen LogP contribution in [0.15, 0.2) is 17.7 Å². The molecule has 0 rings (SSSR count). The molecule has 6 nitrogen and oxygen atoms in total. The summed E-state index contributed by atoms with van der Waals surface area (Å²) in [6, 6.07) is -0.195. The van der Waals surface area contributed by atoms with Gasteiger partial charge in [-0.3, -0.25) is 0 Å². The summed E-state index contributed by atoms with van der Waals surface area (Å²) in [7, 11) is -3.83. The number of azide groups is 1. The maximum atomic E-state index is 11.5. The molecule has 100 valence electrons. The lowest BCUT2D eigenvalue weighted by molar-refractivity contribution is 0.332. The zero-order chi connectivity index (χ0) is 14.1. The summed E-state index contributed by atoms with van der Waals surface area (Å²) in [5, 5.41) is 0. The molecule has 0 unspecified atom stereocenters. The highest BCUT2D eigenvalue weighted by molar-refractivity contribution is 7.87. The number of rotatable bonds is 6. The maximum Gasteiger partial charge on any atom is 0.302 e. The second-order valence-electron chi connectivity index (χ2n) is 4.04. The van der Waals surface area contributed by atoms with Crippen LogP contribution in [0, 0.1) is 5.92 Å². The molecule has 0 bridgehead atoms. The smallest absolute Gasteiger partial charge is 0.204 e. The van der Waals surface area contributed by atoms with Gasteiger partial charge in [0, 0.05) is 22.0 Å². The lowest BCUT2D eigenvalue weighted by atomic mass is 10.1. The molecular formula is C10H22N4O2S. The highest BCUT2D eigenvalue weighted by Gasteiger charge is 2.23. The molecule has 0 atom stereocenters. The zero-order valence-corrected chi connectivity index (χ0v) is 11.8. The lowest BCUT2D eigenvalue weighted by Crippen LogP contribution is -2.36. The monoisotopic (exact) mass is 262 g/mol. The fourth-order valence-electron chi connectivity index (χ4n) is 1.12. The molecule has 0 fully saturated rings. The van der Waals surface area contributed by atoms with Crippen molar-refractivity contribution >= 4 is 10.2 Å². The first-order valence-corrected chi connectivity index (χ1v) is 6.79. The van der Waals surface area contributed by atoms with Gasteiger partial charge in [-0.25, -0.2) is 8.42 Å². The van der Waals surface area contributed by atoms with Gasteiger partial charge < -0.3 is 0 Å². The predicted molar refractivity (Wildman–Crippen MR) is 70.6 cm³/mol. The molecule has 0 aliphatic carbocycles. The summed E-state index contributed by atoms with van der Waals surface area (Å²) in [6.45, 7) is 13.9. The van der Waals surface area contributed by atoms with Crippen LogP contribution in [-0.2, 0) is 10.2 Å². The second kappa shape index (κ2) is 9.04. The Bertz CT molecular complexity index is 345. The molecule has 0 aliphatic heterocycles. The molecule has 0 aromatic rings. The van der Waals surface area contributed by atoms with Gasteiger partial charge in [0.25, 0.3) is 0 Å². The van der Waals surface area contributed by atoms with Crippen LogP contribution in [0.3, 0.4) is 0 Å².